The van der Waals surface area contributed by atoms with Crippen LogP contribution in [0.2, 0.25) is 0 Å². The van der Waals surface area contributed by atoms with Crippen molar-refractivity contribution >= 4 is 11.6 Å². The second-order valence-corrected chi connectivity index (χ2v) is 3.76. The predicted molar refractivity (Wildman–Crippen MR) is 77.7 cm³/mol. The second-order valence-electron chi connectivity index (χ2n) is 3.76. The second kappa shape index (κ2) is 7.24. The first kappa shape index (κ1) is 13.0. The molecule has 0 amide bonds. The van der Waals surface area contributed by atoms with Gasteiger partial charge in [-0.3, -0.25) is 0 Å². The SMILES string of the molecule is C=C(C)c1ccccc1.C=Cc1ccccc1. The van der Waals surface area contributed by atoms with Crippen LogP contribution in [0.4, 0.5) is 0 Å². The topological polar surface area (TPSA) is 0 Å². The van der Waals surface area contributed by atoms with Gasteiger partial charge in [0.15, 0.2) is 0 Å². The summed E-state index contributed by atoms with van der Waals surface area (Å²) in [6.07, 6.45) is 1.83. The van der Waals surface area contributed by atoms with Crippen molar-refractivity contribution in [1.29, 1.82) is 0 Å². The summed E-state index contributed by atoms with van der Waals surface area (Å²) in [5, 5.41) is 0. The Hall–Kier alpha value is -2.08. The van der Waals surface area contributed by atoms with Gasteiger partial charge in [-0.2, -0.15) is 0 Å². The highest BCUT2D eigenvalue weighted by Gasteiger charge is 1.86. The van der Waals surface area contributed by atoms with Crippen LogP contribution in [0.3, 0.4) is 0 Å². The summed E-state index contributed by atoms with van der Waals surface area (Å²) >= 11 is 0. The summed E-state index contributed by atoms with van der Waals surface area (Å²) in [4.78, 5) is 0. The Kier molecular flexibility index (Phi) is 5.53. The fourth-order valence-corrected chi connectivity index (χ4v) is 1.31. The van der Waals surface area contributed by atoms with Gasteiger partial charge in [0.25, 0.3) is 0 Å². The molecule has 0 N–H and O–H groups in total. The van der Waals surface area contributed by atoms with E-state index in [0.29, 0.717) is 0 Å². The van der Waals surface area contributed by atoms with Gasteiger partial charge >= 0.3 is 0 Å². The van der Waals surface area contributed by atoms with Gasteiger partial charge in [0.1, 0.15) is 0 Å². The third-order valence-electron chi connectivity index (χ3n) is 2.30. The minimum Gasteiger partial charge on any atom is -0.0985 e. The molecular formula is C17H18. The summed E-state index contributed by atoms with van der Waals surface area (Å²) < 4.78 is 0. The van der Waals surface area contributed by atoms with E-state index in [1.165, 1.54) is 11.1 Å². The van der Waals surface area contributed by atoms with Gasteiger partial charge in [0, 0.05) is 0 Å². The lowest BCUT2D eigenvalue weighted by molar-refractivity contribution is 1.58. The first-order chi connectivity index (χ1) is 8.24. The Labute approximate surface area is 104 Å². The molecule has 0 fully saturated rings. The molecule has 0 spiro atoms. The van der Waals surface area contributed by atoms with Gasteiger partial charge in [0.05, 0.1) is 0 Å². The van der Waals surface area contributed by atoms with Crippen LogP contribution in [0, 0.1) is 0 Å². The molecule has 0 aliphatic rings. The molecule has 0 unspecified atom stereocenters. The van der Waals surface area contributed by atoms with Gasteiger partial charge in [-0.05, 0) is 18.1 Å². The quantitative estimate of drug-likeness (QED) is 0.667. The Morgan fingerprint density at radius 1 is 0.882 bits per heavy atom. The van der Waals surface area contributed by atoms with Crippen molar-refractivity contribution in [3.05, 3.63) is 84.9 Å². The average Bonchev–Trinajstić information content (AvgIpc) is 2.41. The molecule has 2 rings (SSSR count). The van der Waals surface area contributed by atoms with E-state index in [2.05, 4.69) is 25.3 Å². The van der Waals surface area contributed by atoms with Crippen molar-refractivity contribution in [2.24, 2.45) is 0 Å². The van der Waals surface area contributed by atoms with E-state index in [1.54, 1.807) is 0 Å². The fraction of sp³-hybridized carbons (Fsp3) is 0.0588. The maximum Gasteiger partial charge on any atom is -0.0233 e. The lowest BCUT2D eigenvalue weighted by atomic mass is 10.1. The average molecular weight is 222 g/mol. The van der Waals surface area contributed by atoms with E-state index in [-0.39, 0.29) is 0 Å². The van der Waals surface area contributed by atoms with Gasteiger partial charge in [-0.1, -0.05) is 85.5 Å². The van der Waals surface area contributed by atoms with E-state index < -0.39 is 0 Å². The third-order valence-corrected chi connectivity index (χ3v) is 2.30. The zero-order valence-corrected chi connectivity index (χ0v) is 10.3. The van der Waals surface area contributed by atoms with E-state index in [9.17, 15) is 0 Å². The zero-order valence-electron chi connectivity index (χ0n) is 10.3. The van der Waals surface area contributed by atoms with Crippen LogP contribution in [0.1, 0.15) is 18.1 Å². The maximum absolute atomic E-state index is 3.83. The van der Waals surface area contributed by atoms with E-state index in [4.69, 9.17) is 0 Å². The molecule has 0 bridgehead atoms. The number of allylic oxidation sites excluding steroid dienone is 1. The molecule has 0 radical (unpaired) electrons. The predicted octanol–water partition coefficient (Wildman–Crippen LogP) is 5.05. The van der Waals surface area contributed by atoms with Crippen molar-refractivity contribution in [1.82, 2.24) is 0 Å². The number of rotatable bonds is 2. The summed E-state index contributed by atoms with van der Waals surface area (Å²) in [6.45, 7) is 9.47. The van der Waals surface area contributed by atoms with Crippen LogP contribution in [-0.4, -0.2) is 0 Å². The number of hydrogen-bond donors (Lipinski definition) is 0. The third kappa shape index (κ3) is 4.98. The molecule has 0 aromatic heterocycles. The van der Waals surface area contributed by atoms with E-state index in [1.807, 2.05) is 61.5 Å². The molecule has 0 heterocycles. The highest BCUT2D eigenvalue weighted by molar-refractivity contribution is 5.60. The summed E-state index contributed by atoms with van der Waals surface area (Å²) in [5.74, 6) is 0. The largest absolute Gasteiger partial charge is 0.0985 e. The Bertz CT molecular complexity index is 452. The fourth-order valence-electron chi connectivity index (χ4n) is 1.31. The maximum atomic E-state index is 3.83. The van der Waals surface area contributed by atoms with Crippen LogP contribution in [0.5, 0.6) is 0 Å². The molecule has 0 aliphatic carbocycles. The summed E-state index contributed by atoms with van der Waals surface area (Å²) in [5.41, 5.74) is 3.51. The molecule has 2 aromatic carbocycles. The van der Waals surface area contributed by atoms with E-state index in [0.717, 1.165) is 5.57 Å². The van der Waals surface area contributed by atoms with Crippen LogP contribution < -0.4 is 0 Å². The van der Waals surface area contributed by atoms with Gasteiger partial charge < -0.3 is 0 Å². The molecule has 0 atom stereocenters. The molecular weight excluding hydrogens is 204 g/mol. The standard InChI is InChI=1S/C9H10.C8H8/c1-8(2)9-6-4-3-5-7-9;1-2-8-6-4-3-5-7-8/h3-7H,1H2,2H3;2-7H,1H2. The number of hydrogen-bond acceptors (Lipinski definition) is 0. The molecule has 86 valence electrons. The minimum atomic E-state index is 1.12. The van der Waals surface area contributed by atoms with Gasteiger partial charge in [-0.25, -0.2) is 0 Å². The van der Waals surface area contributed by atoms with Crippen LogP contribution in [-0.2, 0) is 0 Å². The van der Waals surface area contributed by atoms with Crippen molar-refractivity contribution < 1.29 is 0 Å². The summed E-state index contributed by atoms with van der Waals surface area (Å²) in [6, 6.07) is 20.2. The Morgan fingerprint density at radius 2 is 1.35 bits per heavy atom. The van der Waals surface area contributed by atoms with Crippen LogP contribution in [0.25, 0.3) is 11.6 Å². The Morgan fingerprint density at radius 3 is 1.65 bits per heavy atom. The molecule has 2 aromatic rings. The van der Waals surface area contributed by atoms with Crippen molar-refractivity contribution in [3.8, 4) is 0 Å². The first-order valence-electron chi connectivity index (χ1n) is 5.62. The van der Waals surface area contributed by atoms with Crippen molar-refractivity contribution in [2.45, 2.75) is 6.92 Å². The monoisotopic (exact) mass is 222 g/mol. The molecule has 17 heavy (non-hydrogen) atoms. The van der Waals surface area contributed by atoms with Gasteiger partial charge in [0.2, 0.25) is 0 Å². The molecule has 0 aliphatic heterocycles. The summed E-state index contributed by atoms with van der Waals surface area (Å²) in [7, 11) is 0. The molecule has 0 heteroatoms. The van der Waals surface area contributed by atoms with Crippen molar-refractivity contribution in [3.63, 3.8) is 0 Å². The lowest BCUT2D eigenvalue weighted by Crippen LogP contribution is -1.72. The lowest BCUT2D eigenvalue weighted by Gasteiger charge is -1.94. The van der Waals surface area contributed by atoms with Gasteiger partial charge in [-0.15, -0.1) is 0 Å². The first-order valence-corrected chi connectivity index (χ1v) is 5.62. The van der Waals surface area contributed by atoms with Crippen LogP contribution in [0.15, 0.2) is 73.8 Å². The zero-order chi connectivity index (χ0) is 12.5. The van der Waals surface area contributed by atoms with E-state index >= 15 is 0 Å². The minimum absolute atomic E-state index is 1.12. The van der Waals surface area contributed by atoms with Crippen molar-refractivity contribution in [2.75, 3.05) is 0 Å². The molecule has 0 nitrogen and oxygen atoms in total. The smallest absolute Gasteiger partial charge is 0.0233 e. The molecule has 0 saturated carbocycles. The Balaban J connectivity index is 0.000000171. The molecule has 0 saturated heterocycles. The highest BCUT2D eigenvalue weighted by Crippen LogP contribution is 2.08. The highest BCUT2D eigenvalue weighted by atomic mass is 13.9. The number of benzene rings is 2. The normalized spacial score (nSPS) is 8.76. The van der Waals surface area contributed by atoms with Crippen LogP contribution >= 0.6 is 0 Å².